The maximum absolute atomic E-state index is 12.6. The summed E-state index contributed by atoms with van der Waals surface area (Å²) in [6, 6.07) is 6.62. The van der Waals surface area contributed by atoms with Gasteiger partial charge in [-0.15, -0.1) is 0 Å². The zero-order valence-corrected chi connectivity index (χ0v) is 15.3. The molecule has 8 heteroatoms. The minimum atomic E-state index is -3.69. The lowest BCUT2D eigenvalue weighted by atomic mass is 9.68. The van der Waals surface area contributed by atoms with E-state index < -0.39 is 32.9 Å². The molecule has 2 N–H and O–H groups in total. The average Bonchev–Trinajstić information content (AvgIpc) is 3.02. The number of nitrogens with one attached hydrogen (secondary N) is 1. The number of para-hydroxylation sites is 1. The fourth-order valence-corrected chi connectivity index (χ4v) is 5.07. The third kappa shape index (κ3) is 2.93. The van der Waals surface area contributed by atoms with Crippen LogP contribution in [0.25, 0.3) is 11.0 Å². The molecule has 0 spiro atoms. The van der Waals surface area contributed by atoms with Gasteiger partial charge >= 0.3 is 5.97 Å². The summed E-state index contributed by atoms with van der Waals surface area (Å²) < 4.78 is 33.1. The molecular formula is C17H22N2O5S. The van der Waals surface area contributed by atoms with Crippen LogP contribution in [-0.4, -0.2) is 30.7 Å². The van der Waals surface area contributed by atoms with E-state index in [1.165, 1.54) is 0 Å². The van der Waals surface area contributed by atoms with E-state index in [4.69, 9.17) is 4.52 Å². The lowest BCUT2D eigenvalue weighted by Crippen LogP contribution is -2.49. The second-order valence-corrected chi connectivity index (χ2v) is 9.21. The Labute approximate surface area is 146 Å². The Hall–Kier alpha value is -1.93. The standard InChI is InChI=1S/C17H22N2O5S/c1-16(2)14(8-9-17(16,3)15(20)21)19-25(22,23)10-12-11-6-4-5-7-13(11)24-18-12/h4-7,14,19H,8-10H2,1-3H3,(H,20,21)/t14-,17-/m0/s1. The van der Waals surface area contributed by atoms with Crippen molar-refractivity contribution in [3.63, 3.8) is 0 Å². The van der Waals surface area contributed by atoms with Gasteiger partial charge in [0.2, 0.25) is 10.0 Å². The molecule has 1 aromatic carbocycles. The van der Waals surface area contributed by atoms with Crippen molar-refractivity contribution >= 4 is 27.0 Å². The number of carboxylic acid groups (broad SMARTS) is 1. The summed E-state index contributed by atoms with van der Waals surface area (Å²) in [6.07, 6.45) is 0.907. The average molecular weight is 366 g/mol. The summed E-state index contributed by atoms with van der Waals surface area (Å²) in [5.41, 5.74) is -0.800. The van der Waals surface area contributed by atoms with E-state index in [0.717, 1.165) is 0 Å². The van der Waals surface area contributed by atoms with Gasteiger partial charge in [-0.25, -0.2) is 13.1 Å². The minimum absolute atomic E-state index is 0.305. The molecule has 1 fully saturated rings. The summed E-state index contributed by atoms with van der Waals surface area (Å²) >= 11 is 0. The molecule has 2 atom stereocenters. The van der Waals surface area contributed by atoms with Crippen LogP contribution >= 0.6 is 0 Å². The number of hydrogen-bond donors (Lipinski definition) is 2. The van der Waals surface area contributed by atoms with Gasteiger partial charge in [-0.1, -0.05) is 31.1 Å². The first kappa shape index (κ1) is 17.9. The van der Waals surface area contributed by atoms with Gasteiger partial charge in [-0.3, -0.25) is 4.79 Å². The Balaban J connectivity index is 1.82. The highest BCUT2D eigenvalue weighted by Crippen LogP contribution is 2.52. The molecule has 2 aromatic rings. The molecule has 0 radical (unpaired) electrons. The van der Waals surface area contributed by atoms with E-state index in [0.29, 0.717) is 29.5 Å². The molecule has 0 saturated heterocycles. The quantitative estimate of drug-likeness (QED) is 0.841. The van der Waals surface area contributed by atoms with Gasteiger partial charge in [0.05, 0.1) is 5.41 Å². The molecule has 0 unspecified atom stereocenters. The van der Waals surface area contributed by atoms with Crippen LogP contribution in [0, 0.1) is 10.8 Å². The molecule has 1 aliphatic carbocycles. The summed E-state index contributed by atoms with van der Waals surface area (Å²) in [7, 11) is -3.69. The molecule has 1 aliphatic rings. The fraction of sp³-hybridized carbons (Fsp3) is 0.529. The second kappa shape index (κ2) is 5.81. The highest BCUT2D eigenvalue weighted by atomic mass is 32.2. The van der Waals surface area contributed by atoms with Gasteiger partial charge < -0.3 is 9.63 Å². The van der Waals surface area contributed by atoms with Crippen molar-refractivity contribution in [3.8, 4) is 0 Å². The van der Waals surface area contributed by atoms with E-state index in [9.17, 15) is 18.3 Å². The number of carboxylic acids is 1. The number of aliphatic carboxylic acids is 1. The molecule has 0 aliphatic heterocycles. The summed E-state index contributed by atoms with van der Waals surface area (Å²) in [5.74, 6) is -1.21. The first-order valence-corrected chi connectivity index (χ1v) is 9.79. The summed E-state index contributed by atoms with van der Waals surface area (Å²) in [6.45, 7) is 5.27. The molecule has 7 nitrogen and oxygen atoms in total. The van der Waals surface area contributed by atoms with Crippen molar-refractivity contribution in [2.75, 3.05) is 0 Å². The highest BCUT2D eigenvalue weighted by Gasteiger charge is 2.57. The van der Waals surface area contributed by atoms with Gasteiger partial charge in [0.25, 0.3) is 0 Å². The van der Waals surface area contributed by atoms with E-state index >= 15 is 0 Å². The Morgan fingerprint density at radius 1 is 1.36 bits per heavy atom. The van der Waals surface area contributed by atoms with Crippen molar-refractivity contribution in [2.24, 2.45) is 10.8 Å². The predicted molar refractivity (Wildman–Crippen MR) is 92.3 cm³/mol. The molecule has 0 bridgehead atoms. The zero-order chi connectivity index (χ0) is 18.5. The predicted octanol–water partition coefficient (Wildman–Crippen LogP) is 2.53. The van der Waals surface area contributed by atoms with Crippen LogP contribution in [0.4, 0.5) is 0 Å². The van der Waals surface area contributed by atoms with E-state index in [2.05, 4.69) is 9.88 Å². The number of hydrogen-bond acceptors (Lipinski definition) is 5. The minimum Gasteiger partial charge on any atom is -0.481 e. The topological polar surface area (TPSA) is 110 Å². The van der Waals surface area contributed by atoms with Gasteiger partial charge in [0.1, 0.15) is 11.4 Å². The van der Waals surface area contributed by atoms with E-state index in [1.807, 2.05) is 0 Å². The van der Waals surface area contributed by atoms with Gasteiger partial charge in [0.15, 0.2) is 5.58 Å². The molecule has 136 valence electrons. The number of aromatic nitrogens is 1. The number of benzene rings is 1. The third-order valence-corrected chi connectivity index (χ3v) is 7.10. The summed E-state index contributed by atoms with van der Waals surface area (Å²) in [4.78, 5) is 11.7. The van der Waals surface area contributed by atoms with Crippen molar-refractivity contribution < 1.29 is 22.8 Å². The SMILES string of the molecule is CC1(C)[C@@H](NS(=O)(=O)Cc2noc3ccccc23)CC[C@@]1(C)C(=O)O. The molecule has 25 heavy (non-hydrogen) atoms. The van der Waals surface area contributed by atoms with Crippen LogP contribution in [0.5, 0.6) is 0 Å². The lowest BCUT2D eigenvalue weighted by Gasteiger charge is -2.38. The zero-order valence-electron chi connectivity index (χ0n) is 14.4. The lowest BCUT2D eigenvalue weighted by molar-refractivity contribution is -0.153. The first-order valence-electron chi connectivity index (χ1n) is 8.13. The van der Waals surface area contributed by atoms with Crippen LogP contribution in [0.3, 0.4) is 0 Å². The fourth-order valence-electron chi connectivity index (χ4n) is 3.57. The largest absolute Gasteiger partial charge is 0.481 e. The number of fused-ring (bicyclic) bond motifs is 1. The van der Waals surface area contributed by atoms with Crippen LogP contribution < -0.4 is 4.72 Å². The molecule has 3 rings (SSSR count). The van der Waals surface area contributed by atoms with E-state index in [1.54, 1.807) is 45.0 Å². The Kier molecular flexibility index (Phi) is 4.15. The molecule has 0 amide bonds. The van der Waals surface area contributed by atoms with Crippen molar-refractivity contribution in [3.05, 3.63) is 30.0 Å². The maximum Gasteiger partial charge on any atom is 0.309 e. The summed E-state index contributed by atoms with van der Waals surface area (Å²) in [5, 5.41) is 14.1. The Morgan fingerprint density at radius 3 is 2.68 bits per heavy atom. The number of carbonyl (C=O) groups is 1. The van der Waals surface area contributed by atoms with Crippen LogP contribution in [0.1, 0.15) is 39.3 Å². The number of nitrogens with zero attached hydrogens (tertiary/aromatic N) is 1. The van der Waals surface area contributed by atoms with Gasteiger partial charge in [0, 0.05) is 11.4 Å². The molecule has 1 heterocycles. The number of sulfonamides is 1. The highest BCUT2D eigenvalue weighted by molar-refractivity contribution is 7.88. The first-order chi connectivity index (χ1) is 11.6. The monoisotopic (exact) mass is 366 g/mol. The van der Waals surface area contributed by atoms with Crippen molar-refractivity contribution in [1.29, 1.82) is 0 Å². The molecular weight excluding hydrogens is 344 g/mol. The normalized spacial score (nSPS) is 26.1. The van der Waals surface area contributed by atoms with Gasteiger partial charge in [-0.05, 0) is 37.3 Å². The van der Waals surface area contributed by atoms with Crippen molar-refractivity contribution in [1.82, 2.24) is 9.88 Å². The third-order valence-electron chi connectivity index (χ3n) is 5.80. The molecule has 1 aromatic heterocycles. The van der Waals surface area contributed by atoms with Crippen LogP contribution in [-0.2, 0) is 20.6 Å². The number of rotatable bonds is 5. The van der Waals surface area contributed by atoms with Crippen molar-refractivity contribution in [2.45, 2.75) is 45.4 Å². The van der Waals surface area contributed by atoms with Crippen LogP contribution in [0.2, 0.25) is 0 Å². The smallest absolute Gasteiger partial charge is 0.309 e. The maximum atomic E-state index is 12.6. The molecule has 1 saturated carbocycles. The second-order valence-electron chi connectivity index (χ2n) is 7.45. The van der Waals surface area contributed by atoms with Gasteiger partial charge in [-0.2, -0.15) is 0 Å². The Morgan fingerprint density at radius 2 is 2.04 bits per heavy atom. The van der Waals surface area contributed by atoms with Crippen LogP contribution in [0.15, 0.2) is 28.8 Å². The Bertz CT molecular complexity index is 918. The van der Waals surface area contributed by atoms with E-state index in [-0.39, 0.29) is 5.75 Å².